The maximum absolute atomic E-state index is 11.8. The number of piperazine rings is 1. The molecule has 2 amide bonds. The highest BCUT2D eigenvalue weighted by Gasteiger charge is 2.40. The van der Waals surface area contributed by atoms with Crippen molar-refractivity contribution in [1.82, 2.24) is 19.8 Å². The quantitative estimate of drug-likeness (QED) is 0.818. The summed E-state index contributed by atoms with van der Waals surface area (Å²) in [6.45, 7) is 5.03. The summed E-state index contributed by atoms with van der Waals surface area (Å²) in [5, 5.41) is 2.61. The van der Waals surface area contributed by atoms with Crippen LogP contribution in [0.4, 0.5) is 0 Å². The first-order chi connectivity index (χ1) is 8.51. The summed E-state index contributed by atoms with van der Waals surface area (Å²) in [6, 6.07) is 0. The molecule has 1 N–H and O–H groups in total. The number of aromatic nitrogens is 2. The normalized spacial score (nSPS) is 18.9. The van der Waals surface area contributed by atoms with Crippen LogP contribution in [-0.2, 0) is 16.1 Å². The third kappa shape index (κ3) is 2.37. The van der Waals surface area contributed by atoms with Gasteiger partial charge in [0.05, 0.1) is 12.9 Å². The summed E-state index contributed by atoms with van der Waals surface area (Å²) >= 11 is 0. The van der Waals surface area contributed by atoms with Gasteiger partial charge in [-0.1, -0.05) is 0 Å². The number of imidazole rings is 1. The molecule has 98 valence electrons. The topological polar surface area (TPSA) is 67.2 Å². The van der Waals surface area contributed by atoms with E-state index < -0.39 is 5.54 Å². The number of carbonyl (C=O) groups is 2. The minimum atomic E-state index is -0.760. The van der Waals surface area contributed by atoms with Gasteiger partial charge in [0.25, 0.3) is 0 Å². The van der Waals surface area contributed by atoms with Gasteiger partial charge in [0, 0.05) is 25.5 Å². The van der Waals surface area contributed by atoms with Crippen LogP contribution in [0.15, 0.2) is 18.7 Å². The van der Waals surface area contributed by atoms with Crippen LogP contribution in [0, 0.1) is 0 Å². The Labute approximate surface area is 106 Å². The van der Waals surface area contributed by atoms with Crippen LogP contribution < -0.4 is 5.32 Å². The fourth-order valence-corrected chi connectivity index (χ4v) is 2.14. The average Bonchev–Trinajstić information content (AvgIpc) is 2.82. The molecule has 2 heterocycles. The van der Waals surface area contributed by atoms with Gasteiger partial charge in [-0.15, -0.1) is 0 Å². The number of carbonyl (C=O) groups excluding carboxylic acids is 2. The number of hydrogen-bond donors (Lipinski definition) is 1. The van der Waals surface area contributed by atoms with Gasteiger partial charge < -0.3 is 14.8 Å². The first kappa shape index (κ1) is 12.6. The molecule has 1 aromatic heterocycles. The highest BCUT2D eigenvalue weighted by molar-refractivity contribution is 5.97. The molecule has 2 rings (SSSR count). The number of hydrogen-bond acceptors (Lipinski definition) is 3. The van der Waals surface area contributed by atoms with E-state index in [1.807, 2.05) is 10.8 Å². The largest absolute Gasteiger partial charge is 0.345 e. The van der Waals surface area contributed by atoms with Crippen LogP contribution in [0.25, 0.3) is 0 Å². The van der Waals surface area contributed by atoms with Crippen molar-refractivity contribution in [1.29, 1.82) is 0 Å². The van der Waals surface area contributed by atoms with E-state index in [1.54, 1.807) is 31.3 Å². The molecule has 1 fully saturated rings. The van der Waals surface area contributed by atoms with E-state index in [-0.39, 0.29) is 18.4 Å². The molecule has 1 aliphatic rings. The van der Waals surface area contributed by atoms with Crippen molar-refractivity contribution >= 4 is 11.8 Å². The van der Waals surface area contributed by atoms with Gasteiger partial charge >= 0.3 is 0 Å². The standard InChI is InChI=1S/C12H18N4O2/c1-12(2)11(18)14-8-10(17)16(12)6-3-5-15-7-4-13-9-15/h4,7,9H,3,5-6,8H2,1-2H3,(H,14,18). The van der Waals surface area contributed by atoms with Crippen molar-refractivity contribution in [3.05, 3.63) is 18.7 Å². The Kier molecular flexibility index (Phi) is 3.36. The van der Waals surface area contributed by atoms with Crippen molar-refractivity contribution in [2.45, 2.75) is 32.4 Å². The smallest absolute Gasteiger partial charge is 0.245 e. The predicted octanol–water partition coefficient (Wildman–Crippen LogP) is 0.0102. The molecule has 0 unspecified atom stereocenters. The van der Waals surface area contributed by atoms with Crippen LogP contribution in [0.5, 0.6) is 0 Å². The molecule has 1 aliphatic heterocycles. The summed E-state index contributed by atoms with van der Waals surface area (Å²) in [5.41, 5.74) is -0.760. The molecule has 0 aliphatic carbocycles. The van der Waals surface area contributed by atoms with Crippen molar-refractivity contribution in [3.63, 3.8) is 0 Å². The molecule has 6 heteroatoms. The molecule has 18 heavy (non-hydrogen) atoms. The summed E-state index contributed by atoms with van der Waals surface area (Å²) in [4.78, 5) is 29.2. The molecule has 0 atom stereocenters. The number of amides is 2. The van der Waals surface area contributed by atoms with Gasteiger partial charge in [-0.05, 0) is 20.3 Å². The Balaban J connectivity index is 1.94. The number of nitrogens with zero attached hydrogens (tertiary/aromatic N) is 3. The van der Waals surface area contributed by atoms with Gasteiger partial charge in [0.15, 0.2) is 0 Å². The minimum Gasteiger partial charge on any atom is -0.345 e. The third-order valence-electron chi connectivity index (χ3n) is 3.29. The second-order valence-corrected chi connectivity index (χ2v) is 4.94. The lowest BCUT2D eigenvalue weighted by Crippen LogP contribution is -2.64. The van der Waals surface area contributed by atoms with E-state index in [9.17, 15) is 9.59 Å². The summed E-state index contributed by atoms with van der Waals surface area (Å²) in [6.07, 6.45) is 6.16. The molecule has 1 aromatic rings. The molecule has 0 aromatic carbocycles. The van der Waals surface area contributed by atoms with Crippen LogP contribution in [0.3, 0.4) is 0 Å². The van der Waals surface area contributed by atoms with Gasteiger partial charge in [-0.2, -0.15) is 0 Å². The molecule has 0 bridgehead atoms. The average molecular weight is 250 g/mol. The number of rotatable bonds is 4. The fraction of sp³-hybridized carbons (Fsp3) is 0.583. The molecule has 1 saturated heterocycles. The lowest BCUT2D eigenvalue weighted by atomic mass is 9.98. The molecule has 0 radical (unpaired) electrons. The van der Waals surface area contributed by atoms with Crippen LogP contribution in [0.1, 0.15) is 20.3 Å². The van der Waals surface area contributed by atoms with Crippen LogP contribution >= 0.6 is 0 Å². The Morgan fingerprint density at radius 2 is 2.17 bits per heavy atom. The van der Waals surface area contributed by atoms with E-state index in [1.165, 1.54) is 0 Å². The van der Waals surface area contributed by atoms with Gasteiger partial charge in [-0.25, -0.2) is 4.98 Å². The highest BCUT2D eigenvalue weighted by Crippen LogP contribution is 2.18. The van der Waals surface area contributed by atoms with Crippen molar-refractivity contribution in [2.75, 3.05) is 13.1 Å². The van der Waals surface area contributed by atoms with Crippen molar-refractivity contribution in [2.24, 2.45) is 0 Å². The zero-order valence-electron chi connectivity index (χ0n) is 10.7. The predicted molar refractivity (Wildman–Crippen MR) is 65.6 cm³/mol. The zero-order chi connectivity index (χ0) is 13.2. The maximum atomic E-state index is 11.8. The van der Waals surface area contributed by atoms with Crippen molar-refractivity contribution < 1.29 is 9.59 Å². The SMILES string of the molecule is CC1(C)C(=O)NCC(=O)N1CCCn1ccnc1. The molecular weight excluding hydrogens is 232 g/mol. The maximum Gasteiger partial charge on any atom is 0.245 e. The van der Waals surface area contributed by atoms with E-state index in [2.05, 4.69) is 10.3 Å². The van der Waals surface area contributed by atoms with Crippen LogP contribution in [-0.4, -0.2) is 44.9 Å². The lowest BCUT2D eigenvalue weighted by Gasteiger charge is -2.41. The summed E-state index contributed by atoms with van der Waals surface area (Å²) < 4.78 is 1.96. The monoisotopic (exact) mass is 250 g/mol. The molecular formula is C12H18N4O2. The van der Waals surface area contributed by atoms with Gasteiger partial charge in [0.1, 0.15) is 5.54 Å². The Morgan fingerprint density at radius 3 is 2.83 bits per heavy atom. The second-order valence-electron chi connectivity index (χ2n) is 4.94. The Hall–Kier alpha value is -1.85. The number of aryl methyl sites for hydroxylation is 1. The van der Waals surface area contributed by atoms with E-state index >= 15 is 0 Å². The van der Waals surface area contributed by atoms with Crippen LogP contribution in [0.2, 0.25) is 0 Å². The first-order valence-electron chi connectivity index (χ1n) is 6.06. The lowest BCUT2D eigenvalue weighted by molar-refractivity contribution is -0.151. The van der Waals surface area contributed by atoms with E-state index in [4.69, 9.17) is 0 Å². The molecule has 0 spiro atoms. The first-order valence-corrected chi connectivity index (χ1v) is 6.06. The van der Waals surface area contributed by atoms with E-state index in [0.717, 1.165) is 13.0 Å². The van der Waals surface area contributed by atoms with Gasteiger partial charge in [-0.3, -0.25) is 9.59 Å². The van der Waals surface area contributed by atoms with Crippen molar-refractivity contribution in [3.8, 4) is 0 Å². The Bertz CT molecular complexity index is 439. The summed E-state index contributed by atoms with van der Waals surface area (Å²) in [5.74, 6) is -0.116. The zero-order valence-corrected chi connectivity index (χ0v) is 10.7. The molecule has 6 nitrogen and oxygen atoms in total. The highest BCUT2D eigenvalue weighted by atomic mass is 16.2. The number of nitrogens with one attached hydrogen (secondary N) is 1. The minimum absolute atomic E-state index is 0.0229. The second kappa shape index (κ2) is 4.80. The Morgan fingerprint density at radius 1 is 1.39 bits per heavy atom. The van der Waals surface area contributed by atoms with E-state index in [0.29, 0.717) is 6.54 Å². The fourth-order valence-electron chi connectivity index (χ4n) is 2.14. The third-order valence-corrected chi connectivity index (χ3v) is 3.29. The summed E-state index contributed by atoms with van der Waals surface area (Å²) in [7, 11) is 0. The van der Waals surface area contributed by atoms with Gasteiger partial charge in [0.2, 0.25) is 11.8 Å². The molecule has 0 saturated carbocycles.